The number of amides is 2. The van der Waals surface area contributed by atoms with Gasteiger partial charge in [0.05, 0.1) is 0 Å². The molecule has 1 saturated heterocycles. The second-order valence-corrected chi connectivity index (χ2v) is 7.91. The Hall–Kier alpha value is -2.85. The highest BCUT2D eigenvalue weighted by atomic mass is 35.5. The number of benzene rings is 3. The van der Waals surface area contributed by atoms with Crippen molar-refractivity contribution in [3.63, 3.8) is 0 Å². The van der Waals surface area contributed by atoms with Gasteiger partial charge < -0.3 is 10.2 Å². The molecule has 4 rings (SSSR count). The molecule has 1 N–H and O–H groups in total. The van der Waals surface area contributed by atoms with Crippen LogP contribution in [0.1, 0.15) is 35.2 Å². The van der Waals surface area contributed by atoms with Gasteiger partial charge in [0.2, 0.25) is 5.91 Å². The smallest absolute Gasteiger partial charge is 0.251 e. The number of likely N-dealkylation sites (tertiary alicyclic amines) is 1. The first kappa shape index (κ1) is 19.5. The third-order valence-electron chi connectivity index (χ3n) is 5.38. The van der Waals surface area contributed by atoms with Crippen molar-refractivity contribution in [2.24, 2.45) is 0 Å². The summed E-state index contributed by atoms with van der Waals surface area (Å²) in [7, 11) is 0. The lowest BCUT2D eigenvalue weighted by atomic mass is 10.1. The van der Waals surface area contributed by atoms with E-state index < -0.39 is 6.04 Å². The number of hydrogen-bond acceptors (Lipinski definition) is 2. The maximum atomic E-state index is 13.1. The van der Waals surface area contributed by atoms with E-state index >= 15 is 0 Å². The summed E-state index contributed by atoms with van der Waals surface area (Å²) in [5.74, 6) is -0.228. The van der Waals surface area contributed by atoms with Gasteiger partial charge in [0.15, 0.2) is 0 Å². The van der Waals surface area contributed by atoms with E-state index in [1.165, 1.54) is 0 Å². The van der Waals surface area contributed by atoms with Crippen molar-refractivity contribution in [3.8, 4) is 0 Å². The molecule has 1 aliphatic rings. The number of halogens is 1. The second kappa shape index (κ2) is 8.66. The molecule has 2 amide bonds. The third kappa shape index (κ3) is 4.60. The minimum atomic E-state index is -0.497. The molecule has 5 heteroatoms. The quantitative estimate of drug-likeness (QED) is 0.676. The van der Waals surface area contributed by atoms with Crippen molar-refractivity contribution in [1.29, 1.82) is 0 Å². The minimum Gasteiger partial charge on any atom is -0.340 e. The van der Waals surface area contributed by atoms with Gasteiger partial charge in [-0.3, -0.25) is 9.59 Å². The zero-order valence-corrected chi connectivity index (χ0v) is 16.9. The summed E-state index contributed by atoms with van der Waals surface area (Å²) in [5.41, 5.74) is 1.61. The molecule has 1 atom stereocenters. The number of carbonyl (C=O) groups is 2. The number of carbonyl (C=O) groups excluding carboxylic acids is 2. The van der Waals surface area contributed by atoms with E-state index in [4.69, 9.17) is 11.6 Å². The normalized spacial score (nSPS) is 17.2. The van der Waals surface area contributed by atoms with Crippen molar-refractivity contribution >= 4 is 34.2 Å². The van der Waals surface area contributed by atoms with E-state index in [0.717, 1.165) is 29.2 Å². The van der Waals surface area contributed by atoms with Crippen LogP contribution in [0.2, 0.25) is 5.02 Å². The molecule has 29 heavy (non-hydrogen) atoms. The maximum Gasteiger partial charge on any atom is 0.251 e. The standard InChI is InChI=1S/C24H23ClN2O2/c25-21-12-8-17(9-13-21)16-27-14-4-3-7-22(24(27)29)26-23(28)20-11-10-18-5-1-2-6-19(18)15-20/h1-2,5-6,8-13,15,22H,3-4,7,14,16H2,(H,26,28). The summed E-state index contributed by atoms with van der Waals surface area (Å²) in [6, 6.07) is 20.6. The number of nitrogens with one attached hydrogen (secondary N) is 1. The highest BCUT2D eigenvalue weighted by molar-refractivity contribution is 6.30. The average molecular weight is 407 g/mol. The Morgan fingerprint density at radius 2 is 1.76 bits per heavy atom. The molecule has 0 bridgehead atoms. The Bertz CT molecular complexity index is 1030. The van der Waals surface area contributed by atoms with Gasteiger partial charge in [0.25, 0.3) is 5.91 Å². The van der Waals surface area contributed by atoms with E-state index in [1.807, 2.05) is 71.6 Å². The highest BCUT2D eigenvalue weighted by Crippen LogP contribution is 2.19. The summed E-state index contributed by atoms with van der Waals surface area (Å²) < 4.78 is 0. The molecule has 0 spiro atoms. The summed E-state index contributed by atoms with van der Waals surface area (Å²) in [4.78, 5) is 27.7. The van der Waals surface area contributed by atoms with Crippen LogP contribution in [0.15, 0.2) is 66.7 Å². The molecule has 0 radical (unpaired) electrons. The number of fused-ring (bicyclic) bond motifs is 1. The first-order chi connectivity index (χ1) is 14.1. The number of hydrogen-bond donors (Lipinski definition) is 1. The van der Waals surface area contributed by atoms with E-state index in [2.05, 4.69) is 5.32 Å². The fraction of sp³-hybridized carbons (Fsp3) is 0.250. The van der Waals surface area contributed by atoms with Crippen LogP contribution in [-0.4, -0.2) is 29.3 Å². The predicted octanol–water partition coefficient (Wildman–Crippen LogP) is 4.80. The largest absolute Gasteiger partial charge is 0.340 e. The van der Waals surface area contributed by atoms with Gasteiger partial charge in [-0.2, -0.15) is 0 Å². The van der Waals surface area contributed by atoms with Gasteiger partial charge in [0, 0.05) is 23.7 Å². The molecule has 1 fully saturated rings. The SMILES string of the molecule is O=C(NC1CCCCN(Cc2ccc(Cl)cc2)C1=O)c1ccc2ccccc2c1. The summed E-state index contributed by atoms with van der Waals surface area (Å²) in [6.07, 6.45) is 2.50. The van der Waals surface area contributed by atoms with Crippen LogP contribution in [0.3, 0.4) is 0 Å². The van der Waals surface area contributed by atoms with Crippen LogP contribution in [0.25, 0.3) is 10.8 Å². The fourth-order valence-electron chi connectivity index (χ4n) is 3.78. The summed E-state index contributed by atoms with van der Waals surface area (Å²) in [5, 5.41) is 5.74. The lowest BCUT2D eigenvalue weighted by Gasteiger charge is -2.25. The van der Waals surface area contributed by atoms with Crippen molar-refractivity contribution in [1.82, 2.24) is 10.2 Å². The summed E-state index contributed by atoms with van der Waals surface area (Å²) in [6.45, 7) is 1.22. The van der Waals surface area contributed by atoms with Crippen molar-refractivity contribution in [3.05, 3.63) is 82.9 Å². The van der Waals surface area contributed by atoms with Gasteiger partial charge in [0.1, 0.15) is 6.04 Å². The Labute approximate surface area is 175 Å². The lowest BCUT2D eigenvalue weighted by molar-refractivity contribution is -0.133. The van der Waals surface area contributed by atoms with Gasteiger partial charge in [-0.1, -0.05) is 54.1 Å². The highest BCUT2D eigenvalue weighted by Gasteiger charge is 2.28. The molecule has 4 nitrogen and oxygen atoms in total. The predicted molar refractivity (Wildman–Crippen MR) is 116 cm³/mol. The second-order valence-electron chi connectivity index (χ2n) is 7.47. The van der Waals surface area contributed by atoms with Gasteiger partial charge in [-0.05, 0) is 59.9 Å². The minimum absolute atomic E-state index is 0.0217. The van der Waals surface area contributed by atoms with E-state index in [-0.39, 0.29) is 11.8 Å². The monoisotopic (exact) mass is 406 g/mol. The Morgan fingerprint density at radius 1 is 1.00 bits per heavy atom. The Morgan fingerprint density at radius 3 is 2.55 bits per heavy atom. The summed E-state index contributed by atoms with van der Waals surface area (Å²) >= 11 is 5.96. The first-order valence-electron chi connectivity index (χ1n) is 9.93. The maximum absolute atomic E-state index is 13.1. The molecule has 3 aromatic carbocycles. The van der Waals surface area contributed by atoms with Crippen molar-refractivity contribution in [2.45, 2.75) is 31.8 Å². The van der Waals surface area contributed by atoms with Crippen LogP contribution in [0.5, 0.6) is 0 Å². The topological polar surface area (TPSA) is 49.4 Å². The third-order valence-corrected chi connectivity index (χ3v) is 5.64. The molecule has 1 aliphatic heterocycles. The first-order valence-corrected chi connectivity index (χ1v) is 10.3. The average Bonchev–Trinajstić information content (AvgIpc) is 2.91. The van der Waals surface area contributed by atoms with Crippen LogP contribution >= 0.6 is 11.6 Å². The number of nitrogens with zero attached hydrogens (tertiary/aromatic N) is 1. The van der Waals surface area contributed by atoms with Crippen molar-refractivity contribution in [2.75, 3.05) is 6.54 Å². The molecule has 0 saturated carbocycles. The van der Waals surface area contributed by atoms with E-state index in [1.54, 1.807) is 0 Å². The zero-order valence-electron chi connectivity index (χ0n) is 16.1. The lowest BCUT2D eigenvalue weighted by Crippen LogP contribution is -2.47. The Kier molecular flexibility index (Phi) is 5.81. The molecule has 0 aliphatic carbocycles. The molecule has 1 unspecified atom stereocenters. The number of rotatable bonds is 4. The van der Waals surface area contributed by atoms with Crippen LogP contribution in [0.4, 0.5) is 0 Å². The van der Waals surface area contributed by atoms with Crippen molar-refractivity contribution < 1.29 is 9.59 Å². The zero-order chi connectivity index (χ0) is 20.2. The molecule has 1 heterocycles. The van der Waals surface area contributed by atoms with Gasteiger partial charge in [-0.25, -0.2) is 0 Å². The molecular formula is C24H23ClN2O2. The van der Waals surface area contributed by atoms with Crippen LogP contribution in [0, 0.1) is 0 Å². The van der Waals surface area contributed by atoms with Gasteiger partial charge in [-0.15, -0.1) is 0 Å². The van der Waals surface area contributed by atoms with E-state index in [9.17, 15) is 9.59 Å². The fourth-order valence-corrected chi connectivity index (χ4v) is 3.90. The van der Waals surface area contributed by atoms with Gasteiger partial charge >= 0.3 is 0 Å². The Balaban J connectivity index is 1.47. The molecule has 0 aromatic heterocycles. The molecule has 3 aromatic rings. The van der Waals surface area contributed by atoms with E-state index in [0.29, 0.717) is 30.1 Å². The molecular weight excluding hydrogens is 384 g/mol. The molecule has 148 valence electrons. The van der Waals surface area contributed by atoms with Crippen LogP contribution < -0.4 is 5.32 Å². The van der Waals surface area contributed by atoms with Crippen LogP contribution in [-0.2, 0) is 11.3 Å².